The average Bonchev–Trinajstić information content (AvgIpc) is 2.77. The van der Waals surface area contributed by atoms with Gasteiger partial charge in [-0.15, -0.1) is 11.3 Å². The molecule has 2 rings (SSSR count). The second-order valence-electron chi connectivity index (χ2n) is 4.60. The Kier molecular flexibility index (Phi) is 3.42. The van der Waals surface area contributed by atoms with E-state index in [9.17, 15) is 0 Å². The number of aryl methyl sites for hydroxylation is 1. The summed E-state index contributed by atoms with van der Waals surface area (Å²) in [5.41, 5.74) is 1.27. The van der Waals surface area contributed by atoms with Gasteiger partial charge in [0.1, 0.15) is 0 Å². The molecule has 0 spiro atoms. The second kappa shape index (κ2) is 4.62. The van der Waals surface area contributed by atoms with Crippen LogP contribution >= 0.6 is 11.3 Å². The molecule has 1 aromatic heterocycles. The minimum absolute atomic E-state index is 0.645. The molecule has 1 aliphatic rings. The molecule has 84 valence electrons. The minimum atomic E-state index is 0.645. The Labute approximate surface area is 96.1 Å². The van der Waals surface area contributed by atoms with Crippen LogP contribution in [0.5, 0.6) is 0 Å². The molecule has 0 radical (unpaired) electrons. The van der Waals surface area contributed by atoms with E-state index in [1.54, 1.807) is 11.3 Å². The third kappa shape index (κ3) is 2.79. The van der Waals surface area contributed by atoms with Crippen molar-refractivity contribution in [1.29, 1.82) is 0 Å². The summed E-state index contributed by atoms with van der Waals surface area (Å²) < 4.78 is 0. The quantitative estimate of drug-likeness (QED) is 0.831. The summed E-state index contributed by atoms with van der Waals surface area (Å²) in [5, 5.41) is 6.98. The molecule has 1 N–H and O–H groups in total. The van der Waals surface area contributed by atoms with E-state index >= 15 is 0 Å². The van der Waals surface area contributed by atoms with Crippen LogP contribution < -0.4 is 5.32 Å². The zero-order valence-electron chi connectivity index (χ0n) is 9.79. The van der Waals surface area contributed by atoms with Gasteiger partial charge in [-0.25, -0.2) is 4.98 Å². The molecular formula is C12H20N2S. The van der Waals surface area contributed by atoms with E-state index < -0.39 is 0 Å². The van der Waals surface area contributed by atoms with Gasteiger partial charge >= 0.3 is 0 Å². The summed E-state index contributed by atoms with van der Waals surface area (Å²) in [6.45, 7) is 7.68. The van der Waals surface area contributed by atoms with E-state index in [1.165, 1.54) is 17.1 Å². The third-order valence-corrected chi connectivity index (χ3v) is 4.07. The van der Waals surface area contributed by atoms with Crippen LogP contribution in [0.1, 0.15) is 31.0 Å². The fourth-order valence-corrected chi connectivity index (χ4v) is 2.90. The van der Waals surface area contributed by atoms with E-state index in [-0.39, 0.29) is 0 Å². The molecule has 0 aliphatic heterocycles. The van der Waals surface area contributed by atoms with Crippen molar-refractivity contribution >= 4 is 11.3 Å². The summed E-state index contributed by atoms with van der Waals surface area (Å²) in [5.74, 6) is 1.79. The van der Waals surface area contributed by atoms with Crippen molar-refractivity contribution in [3.05, 3.63) is 16.1 Å². The fraction of sp³-hybridized carbons (Fsp3) is 0.750. The number of thiazole rings is 1. The highest BCUT2D eigenvalue weighted by Gasteiger charge is 2.39. The standard InChI is InChI=1S/C12H20N2S/c1-4-13-12(11-5-8(11)2)6-10-7-15-9(3)14-10/h7-8,11-13H,4-6H2,1-3H3. The van der Waals surface area contributed by atoms with Crippen molar-refractivity contribution in [2.75, 3.05) is 6.54 Å². The Balaban J connectivity index is 1.94. The van der Waals surface area contributed by atoms with Gasteiger partial charge in [0.05, 0.1) is 10.7 Å². The van der Waals surface area contributed by atoms with Crippen LogP contribution in [0.3, 0.4) is 0 Å². The number of likely N-dealkylation sites (N-methyl/N-ethyl adjacent to an activating group) is 1. The Morgan fingerprint density at radius 3 is 2.87 bits per heavy atom. The van der Waals surface area contributed by atoms with E-state index in [0.29, 0.717) is 6.04 Å². The molecular weight excluding hydrogens is 204 g/mol. The molecule has 0 bridgehead atoms. The maximum atomic E-state index is 4.55. The van der Waals surface area contributed by atoms with Crippen LogP contribution in [-0.2, 0) is 6.42 Å². The lowest BCUT2D eigenvalue weighted by Crippen LogP contribution is -2.33. The minimum Gasteiger partial charge on any atom is -0.314 e. The Hall–Kier alpha value is -0.410. The van der Waals surface area contributed by atoms with Crippen molar-refractivity contribution in [2.45, 2.75) is 39.7 Å². The highest BCUT2D eigenvalue weighted by atomic mass is 32.1. The van der Waals surface area contributed by atoms with Crippen LogP contribution in [0.4, 0.5) is 0 Å². The molecule has 0 saturated heterocycles. The number of nitrogens with zero attached hydrogens (tertiary/aromatic N) is 1. The highest BCUT2D eigenvalue weighted by Crippen LogP contribution is 2.41. The van der Waals surface area contributed by atoms with Crippen LogP contribution in [0.25, 0.3) is 0 Å². The summed E-state index contributed by atoms with van der Waals surface area (Å²) in [6, 6.07) is 0.645. The van der Waals surface area contributed by atoms with Crippen LogP contribution in [0.2, 0.25) is 0 Å². The first-order chi connectivity index (χ1) is 7.20. The summed E-state index contributed by atoms with van der Waals surface area (Å²) in [4.78, 5) is 4.55. The van der Waals surface area contributed by atoms with Gasteiger partial charge in [-0.1, -0.05) is 13.8 Å². The molecule has 15 heavy (non-hydrogen) atoms. The summed E-state index contributed by atoms with van der Waals surface area (Å²) in [6.07, 6.45) is 2.49. The third-order valence-electron chi connectivity index (χ3n) is 3.25. The van der Waals surface area contributed by atoms with Crippen molar-refractivity contribution in [1.82, 2.24) is 10.3 Å². The maximum Gasteiger partial charge on any atom is 0.0897 e. The average molecular weight is 224 g/mol. The van der Waals surface area contributed by atoms with Gasteiger partial charge in [-0.3, -0.25) is 0 Å². The number of nitrogens with one attached hydrogen (secondary N) is 1. The van der Waals surface area contributed by atoms with Crippen molar-refractivity contribution < 1.29 is 0 Å². The van der Waals surface area contributed by atoms with Gasteiger partial charge in [-0.2, -0.15) is 0 Å². The number of rotatable bonds is 5. The number of hydrogen-bond donors (Lipinski definition) is 1. The number of aromatic nitrogens is 1. The predicted molar refractivity (Wildman–Crippen MR) is 65.3 cm³/mol. The lowest BCUT2D eigenvalue weighted by Gasteiger charge is -2.16. The first-order valence-electron chi connectivity index (χ1n) is 5.85. The second-order valence-corrected chi connectivity index (χ2v) is 5.67. The summed E-state index contributed by atoms with van der Waals surface area (Å²) >= 11 is 1.76. The number of hydrogen-bond acceptors (Lipinski definition) is 3. The molecule has 3 atom stereocenters. The smallest absolute Gasteiger partial charge is 0.0897 e. The van der Waals surface area contributed by atoms with Gasteiger partial charge < -0.3 is 5.32 Å². The first kappa shape index (κ1) is 11.1. The van der Waals surface area contributed by atoms with E-state index in [2.05, 4.69) is 36.5 Å². The monoisotopic (exact) mass is 224 g/mol. The van der Waals surface area contributed by atoms with Crippen molar-refractivity contribution in [2.24, 2.45) is 11.8 Å². The maximum absolute atomic E-state index is 4.55. The Bertz CT molecular complexity index is 321. The van der Waals surface area contributed by atoms with Gasteiger partial charge in [0.15, 0.2) is 0 Å². The molecule has 1 aromatic rings. The van der Waals surface area contributed by atoms with Gasteiger partial charge in [0.25, 0.3) is 0 Å². The zero-order valence-corrected chi connectivity index (χ0v) is 10.6. The van der Waals surface area contributed by atoms with E-state index in [0.717, 1.165) is 24.8 Å². The molecule has 3 heteroatoms. The van der Waals surface area contributed by atoms with Gasteiger partial charge in [0, 0.05) is 17.8 Å². The Morgan fingerprint density at radius 2 is 2.40 bits per heavy atom. The molecule has 3 unspecified atom stereocenters. The largest absolute Gasteiger partial charge is 0.314 e. The first-order valence-corrected chi connectivity index (χ1v) is 6.73. The van der Waals surface area contributed by atoms with Crippen LogP contribution in [0.15, 0.2) is 5.38 Å². The lowest BCUT2D eigenvalue weighted by molar-refractivity contribution is 0.451. The molecule has 1 saturated carbocycles. The normalized spacial score (nSPS) is 26.6. The van der Waals surface area contributed by atoms with Gasteiger partial charge in [-0.05, 0) is 31.7 Å². The van der Waals surface area contributed by atoms with Crippen LogP contribution in [-0.4, -0.2) is 17.6 Å². The van der Waals surface area contributed by atoms with Gasteiger partial charge in [0.2, 0.25) is 0 Å². The fourth-order valence-electron chi connectivity index (χ4n) is 2.28. The molecule has 1 heterocycles. The van der Waals surface area contributed by atoms with E-state index in [4.69, 9.17) is 0 Å². The van der Waals surface area contributed by atoms with E-state index in [1.807, 2.05) is 0 Å². The van der Waals surface area contributed by atoms with Crippen molar-refractivity contribution in [3.63, 3.8) is 0 Å². The van der Waals surface area contributed by atoms with Crippen LogP contribution in [0, 0.1) is 18.8 Å². The Morgan fingerprint density at radius 1 is 1.67 bits per heavy atom. The molecule has 1 aliphatic carbocycles. The lowest BCUT2D eigenvalue weighted by atomic mass is 10.1. The predicted octanol–water partition coefficient (Wildman–Crippen LogP) is 2.63. The molecule has 1 fully saturated rings. The molecule has 0 aromatic carbocycles. The SMILES string of the molecule is CCNC(Cc1csc(C)n1)C1CC1C. The highest BCUT2D eigenvalue weighted by molar-refractivity contribution is 7.09. The zero-order chi connectivity index (χ0) is 10.8. The topological polar surface area (TPSA) is 24.9 Å². The molecule has 0 amide bonds. The summed E-state index contributed by atoms with van der Waals surface area (Å²) in [7, 11) is 0. The molecule has 2 nitrogen and oxygen atoms in total. The van der Waals surface area contributed by atoms with Crippen molar-refractivity contribution in [3.8, 4) is 0 Å².